The lowest BCUT2D eigenvalue weighted by atomic mass is 10.1. The van der Waals surface area contributed by atoms with E-state index in [1.807, 2.05) is 6.92 Å². The third kappa shape index (κ3) is 8.51. The molecule has 0 aliphatic heterocycles. The Morgan fingerprint density at radius 2 is 1.70 bits per heavy atom. The fourth-order valence-electron chi connectivity index (χ4n) is 2.75. The molecule has 0 saturated carbocycles. The molecular formula is C22H32IN3O3S. The molecule has 30 heavy (non-hydrogen) atoms. The maximum atomic E-state index is 11.5. The van der Waals surface area contributed by atoms with Crippen molar-refractivity contribution in [3.8, 4) is 5.75 Å². The standard InChI is InChI=1S/C22H31N3O3S.HI/c1-5-18-7-9-19(10-8-18)17(3)25-22(23-6-2)24-15-16-28-20-11-13-21(14-12-20)29(4,26)27;/h7-14,17H,5-6,15-16H2,1-4H3,(H2,23,24,25);1H. The summed E-state index contributed by atoms with van der Waals surface area (Å²) in [6.45, 7) is 7.92. The summed E-state index contributed by atoms with van der Waals surface area (Å²) in [7, 11) is -3.19. The van der Waals surface area contributed by atoms with Crippen molar-refractivity contribution in [2.45, 2.75) is 38.1 Å². The molecule has 6 nitrogen and oxygen atoms in total. The highest BCUT2D eigenvalue weighted by Crippen LogP contribution is 2.16. The van der Waals surface area contributed by atoms with E-state index in [0.717, 1.165) is 18.9 Å². The average molecular weight is 545 g/mol. The molecule has 1 unspecified atom stereocenters. The number of nitrogens with zero attached hydrogens (tertiary/aromatic N) is 1. The first kappa shape index (κ1) is 26.2. The van der Waals surface area contributed by atoms with Crippen molar-refractivity contribution < 1.29 is 13.2 Å². The van der Waals surface area contributed by atoms with Gasteiger partial charge in [-0.2, -0.15) is 0 Å². The van der Waals surface area contributed by atoms with Crippen LogP contribution in [0, 0.1) is 0 Å². The Bertz CT molecular complexity index is 898. The van der Waals surface area contributed by atoms with Crippen molar-refractivity contribution in [1.29, 1.82) is 0 Å². The van der Waals surface area contributed by atoms with Gasteiger partial charge in [-0.25, -0.2) is 13.4 Å². The van der Waals surface area contributed by atoms with Crippen LogP contribution in [0.4, 0.5) is 0 Å². The minimum absolute atomic E-state index is 0. The number of benzene rings is 2. The lowest BCUT2D eigenvalue weighted by molar-refractivity contribution is 0.328. The third-order valence-corrected chi connectivity index (χ3v) is 5.60. The second kappa shape index (κ2) is 12.8. The molecule has 0 radical (unpaired) electrons. The Hall–Kier alpha value is -1.81. The predicted octanol–water partition coefficient (Wildman–Crippen LogP) is 3.97. The van der Waals surface area contributed by atoms with Gasteiger partial charge in [0.2, 0.25) is 0 Å². The highest BCUT2D eigenvalue weighted by molar-refractivity contribution is 14.0. The molecule has 0 saturated heterocycles. The highest BCUT2D eigenvalue weighted by atomic mass is 127. The number of aliphatic imine (C=N–C) groups is 1. The van der Waals surface area contributed by atoms with Crippen LogP contribution < -0.4 is 15.4 Å². The molecule has 0 fully saturated rings. The topological polar surface area (TPSA) is 79.8 Å². The Kier molecular flexibility index (Phi) is 11.2. The monoisotopic (exact) mass is 545 g/mol. The lowest BCUT2D eigenvalue weighted by Crippen LogP contribution is -2.39. The summed E-state index contributed by atoms with van der Waals surface area (Å²) in [5.74, 6) is 1.35. The first-order valence-electron chi connectivity index (χ1n) is 9.90. The summed E-state index contributed by atoms with van der Waals surface area (Å²) in [4.78, 5) is 4.84. The van der Waals surface area contributed by atoms with Crippen molar-refractivity contribution in [3.05, 3.63) is 59.7 Å². The Morgan fingerprint density at radius 1 is 1.07 bits per heavy atom. The van der Waals surface area contributed by atoms with Gasteiger partial charge in [0.1, 0.15) is 12.4 Å². The van der Waals surface area contributed by atoms with Crippen molar-refractivity contribution in [3.63, 3.8) is 0 Å². The maximum Gasteiger partial charge on any atom is 0.191 e. The molecule has 2 N–H and O–H groups in total. The molecule has 0 heterocycles. The highest BCUT2D eigenvalue weighted by Gasteiger charge is 2.08. The largest absolute Gasteiger partial charge is 0.492 e. The molecule has 0 spiro atoms. The fourth-order valence-corrected chi connectivity index (χ4v) is 3.38. The van der Waals surface area contributed by atoms with Gasteiger partial charge < -0.3 is 15.4 Å². The van der Waals surface area contributed by atoms with Gasteiger partial charge in [-0.1, -0.05) is 31.2 Å². The second-order valence-electron chi connectivity index (χ2n) is 6.81. The van der Waals surface area contributed by atoms with Crippen LogP contribution in [0.25, 0.3) is 0 Å². The second-order valence-corrected chi connectivity index (χ2v) is 8.83. The summed E-state index contributed by atoms with van der Waals surface area (Å²) >= 11 is 0. The van der Waals surface area contributed by atoms with Gasteiger partial charge in [-0.05, 0) is 55.7 Å². The zero-order valence-corrected chi connectivity index (χ0v) is 21.2. The van der Waals surface area contributed by atoms with E-state index >= 15 is 0 Å². The van der Waals surface area contributed by atoms with E-state index in [1.165, 1.54) is 17.4 Å². The summed E-state index contributed by atoms with van der Waals surface area (Å²) < 4.78 is 28.6. The molecule has 0 aromatic heterocycles. The van der Waals surface area contributed by atoms with Crippen molar-refractivity contribution in [2.24, 2.45) is 4.99 Å². The van der Waals surface area contributed by atoms with E-state index in [9.17, 15) is 8.42 Å². The molecule has 0 bridgehead atoms. The molecule has 0 amide bonds. The third-order valence-electron chi connectivity index (χ3n) is 4.47. The first-order chi connectivity index (χ1) is 13.8. The molecule has 2 aromatic carbocycles. The van der Waals surface area contributed by atoms with Crippen LogP contribution in [0.2, 0.25) is 0 Å². The van der Waals surface area contributed by atoms with Crippen molar-refractivity contribution in [1.82, 2.24) is 10.6 Å². The number of hydrogen-bond acceptors (Lipinski definition) is 4. The van der Waals surface area contributed by atoms with Crippen LogP contribution in [0.15, 0.2) is 58.4 Å². The van der Waals surface area contributed by atoms with Crippen molar-refractivity contribution in [2.75, 3.05) is 26.0 Å². The SMILES string of the molecule is CCNC(=NCCOc1ccc(S(C)(=O)=O)cc1)NC(C)c1ccc(CC)cc1.I. The number of hydrogen-bond donors (Lipinski definition) is 2. The Balaban J connectivity index is 0.00000450. The van der Waals surface area contributed by atoms with E-state index in [1.54, 1.807) is 24.3 Å². The van der Waals surface area contributed by atoms with Crippen LogP contribution in [0.5, 0.6) is 5.75 Å². The number of halogens is 1. The molecular weight excluding hydrogens is 513 g/mol. The molecule has 2 aromatic rings. The van der Waals surface area contributed by atoms with E-state index in [0.29, 0.717) is 18.9 Å². The zero-order chi connectivity index (χ0) is 21.3. The van der Waals surface area contributed by atoms with Gasteiger partial charge in [0.05, 0.1) is 17.5 Å². The van der Waals surface area contributed by atoms with Crippen LogP contribution in [0.3, 0.4) is 0 Å². The van der Waals surface area contributed by atoms with E-state index in [2.05, 4.69) is 53.7 Å². The van der Waals surface area contributed by atoms with E-state index in [4.69, 9.17) is 4.74 Å². The number of ether oxygens (including phenoxy) is 1. The van der Waals surface area contributed by atoms with Crippen molar-refractivity contribution >= 4 is 39.8 Å². The van der Waals surface area contributed by atoms with E-state index < -0.39 is 9.84 Å². The minimum atomic E-state index is -3.19. The normalized spacial score (nSPS) is 12.6. The van der Waals surface area contributed by atoms with Gasteiger partial charge in [0.15, 0.2) is 15.8 Å². The molecule has 0 aliphatic carbocycles. The quantitative estimate of drug-likeness (QED) is 0.216. The van der Waals surface area contributed by atoms with Gasteiger partial charge >= 0.3 is 0 Å². The number of nitrogens with one attached hydrogen (secondary N) is 2. The van der Waals surface area contributed by atoms with Crippen LogP contribution in [0.1, 0.15) is 37.9 Å². The van der Waals surface area contributed by atoms with Crippen LogP contribution >= 0.6 is 24.0 Å². The van der Waals surface area contributed by atoms with E-state index in [-0.39, 0.29) is 34.9 Å². The summed E-state index contributed by atoms with van der Waals surface area (Å²) in [5, 5.41) is 6.66. The molecule has 1 atom stereocenters. The number of rotatable bonds is 9. The minimum Gasteiger partial charge on any atom is -0.492 e. The van der Waals surface area contributed by atoms with Crippen LogP contribution in [-0.4, -0.2) is 40.3 Å². The summed E-state index contributed by atoms with van der Waals surface area (Å²) in [6, 6.07) is 15.1. The molecule has 2 rings (SSSR count). The zero-order valence-electron chi connectivity index (χ0n) is 18.0. The number of aryl methyl sites for hydroxylation is 1. The van der Waals surface area contributed by atoms with Gasteiger partial charge in [0.25, 0.3) is 0 Å². The first-order valence-corrected chi connectivity index (χ1v) is 11.8. The predicted molar refractivity (Wildman–Crippen MR) is 134 cm³/mol. The van der Waals surface area contributed by atoms with Gasteiger partial charge in [-0.15, -0.1) is 24.0 Å². The van der Waals surface area contributed by atoms with Gasteiger partial charge in [0, 0.05) is 12.8 Å². The number of sulfone groups is 1. The Morgan fingerprint density at radius 3 is 2.23 bits per heavy atom. The average Bonchev–Trinajstić information content (AvgIpc) is 2.71. The summed E-state index contributed by atoms with van der Waals surface area (Å²) in [6.07, 6.45) is 2.22. The lowest BCUT2D eigenvalue weighted by Gasteiger charge is -2.18. The maximum absolute atomic E-state index is 11.5. The smallest absolute Gasteiger partial charge is 0.191 e. The molecule has 0 aliphatic rings. The number of guanidine groups is 1. The molecule has 166 valence electrons. The summed E-state index contributed by atoms with van der Waals surface area (Å²) in [5.41, 5.74) is 2.53. The Labute approximate surface area is 197 Å². The fraction of sp³-hybridized carbons (Fsp3) is 0.409. The molecule has 8 heteroatoms. The van der Waals surface area contributed by atoms with Crippen LogP contribution in [-0.2, 0) is 16.3 Å². The van der Waals surface area contributed by atoms with Gasteiger partial charge in [-0.3, -0.25) is 0 Å².